The van der Waals surface area contributed by atoms with Gasteiger partial charge in [0.1, 0.15) is 12.3 Å². The Morgan fingerprint density at radius 3 is 2.86 bits per heavy atom. The molecule has 2 heterocycles. The van der Waals surface area contributed by atoms with E-state index in [1.807, 2.05) is 11.9 Å². The molecule has 0 unspecified atom stereocenters. The summed E-state index contributed by atoms with van der Waals surface area (Å²) in [6.07, 6.45) is 6.75. The van der Waals surface area contributed by atoms with Crippen LogP contribution in [0.25, 0.3) is 10.9 Å². The highest BCUT2D eigenvalue weighted by Gasteiger charge is 2.23. The Labute approximate surface area is 168 Å². The van der Waals surface area contributed by atoms with Crippen molar-refractivity contribution in [3.8, 4) is 5.75 Å². The Morgan fingerprint density at radius 1 is 1.28 bits per heavy atom. The van der Waals surface area contributed by atoms with Crippen LogP contribution in [-0.4, -0.2) is 46.0 Å². The van der Waals surface area contributed by atoms with E-state index in [1.165, 1.54) is 17.4 Å². The van der Waals surface area contributed by atoms with Crippen molar-refractivity contribution < 1.29 is 14.3 Å². The second-order valence-electron chi connectivity index (χ2n) is 7.80. The molecule has 0 radical (unpaired) electrons. The van der Waals surface area contributed by atoms with Gasteiger partial charge in [-0.3, -0.25) is 24.3 Å². The van der Waals surface area contributed by atoms with Gasteiger partial charge in [0.2, 0.25) is 17.8 Å². The predicted molar refractivity (Wildman–Crippen MR) is 109 cm³/mol. The van der Waals surface area contributed by atoms with Gasteiger partial charge in [-0.2, -0.15) is 0 Å². The summed E-state index contributed by atoms with van der Waals surface area (Å²) < 4.78 is 7.10. The van der Waals surface area contributed by atoms with E-state index in [2.05, 4.69) is 10.3 Å². The fourth-order valence-corrected chi connectivity index (χ4v) is 4.08. The molecule has 2 aromatic rings. The van der Waals surface area contributed by atoms with Crippen molar-refractivity contribution in [2.24, 2.45) is 0 Å². The van der Waals surface area contributed by atoms with Gasteiger partial charge in [0.25, 0.3) is 5.56 Å². The van der Waals surface area contributed by atoms with E-state index in [0.717, 1.165) is 25.7 Å². The van der Waals surface area contributed by atoms with E-state index in [9.17, 15) is 14.4 Å². The van der Waals surface area contributed by atoms with Crippen LogP contribution in [0.1, 0.15) is 44.9 Å². The van der Waals surface area contributed by atoms with Gasteiger partial charge in [-0.05, 0) is 43.9 Å². The summed E-state index contributed by atoms with van der Waals surface area (Å²) >= 11 is 0. The summed E-state index contributed by atoms with van der Waals surface area (Å²) in [6.45, 7) is 0.469. The topological polar surface area (TPSA) is 93.5 Å². The second-order valence-corrected chi connectivity index (χ2v) is 7.80. The number of rotatable bonds is 7. The molecule has 2 amide bonds. The lowest BCUT2D eigenvalue weighted by atomic mass is 10.2. The molecule has 1 aromatic carbocycles. The molecule has 4 rings (SSSR count). The zero-order valence-corrected chi connectivity index (χ0v) is 16.6. The molecular formula is C21H26N4O4. The molecule has 1 aliphatic carbocycles. The van der Waals surface area contributed by atoms with Gasteiger partial charge in [-0.15, -0.1) is 0 Å². The number of ether oxygens (including phenoxy) is 1. The highest BCUT2D eigenvalue weighted by atomic mass is 16.5. The van der Waals surface area contributed by atoms with Crippen LogP contribution in [0, 0.1) is 0 Å². The fraction of sp³-hybridized carbons (Fsp3) is 0.524. The average molecular weight is 398 g/mol. The van der Waals surface area contributed by atoms with Crippen molar-refractivity contribution in [2.45, 2.75) is 57.5 Å². The van der Waals surface area contributed by atoms with E-state index in [-0.39, 0.29) is 29.9 Å². The lowest BCUT2D eigenvalue weighted by Crippen LogP contribution is -2.34. The fourth-order valence-electron chi connectivity index (χ4n) is 4.08. The molecule has 0 spiro atoms. The van der Waals surface area contributed by atoms with Gasteiger partial charge in [0, 0.05) is 19.5 Å². The number of anilines is 1. The van der Waals surface area contributed by atoms with E-state index in [4.69, 9.17) is 4.74 Å². The lowest BCUT2D eigenvalue weighted by molar-refractivity contribution is -0.132. The van der Waals surface area contributed by atoms with Crippen LogP contribution in [0.15, 0.2) is 23.0 Å². The van der Waals surface area contributed by atoms with Crippen LogP contribution in [0.3, 0.4) is 0 Å². The van der Waals surface area contributed by atoms with Crippen LogP contribution in [-0.2, 0) is 16.1 Å². The largest absolute Gasteiger partial charge is 0.494 e. The van der Waals surface area contributed by atoms with Crippen LogP contribution >= 0.6 is 0 Å². The Bertz CT molecular complexity index is 994. The number of benzene rings is 1. The maximum Gasteiger partial charge on any atom is 0.263 e. The monoisotopic (exact) mass is 398 g/mol. The highest BCUT2D eigenvalue weighted by Crippen LogP contribution is 2.23. The average Bonchev–Trinajstić information content (AvgIpc) is 3.37. The van der Waals surface area contributed by atoms with E-state index in [1.54, 1.807) is 18.2 Å². The van der Waals surface area contributed by atoms with Gasteiger partial charge in [0.15, 0.2) is 0 Å². The van der Waals surface area contributed by atoms with Crippen molar-refractivity contribution in [2.75, 3.05) is 19.0 Å². The molecule has 8 nitrogen and oxygen atoms in total. The molecule has 1 N–H and O–H groups in total. The molecule has 1 saturated carbocycles. The first-order valence-corrected chi connectivity index (χ1v) is 10.3. The van der Waals surface area contributed by atoms with E-state index in [0.29, 0.717) is 35.7 Å². The Balaban J connectivity index is 1.29. The van der Waals surface area contributed by atoms with Crippen molar-refractivity contribution in [1.29, 1.82) is 0 Å². The van der Waals surface area contributed by atoms with Crippen LogP contribution < -0.4 is 15.6 Å². The third-order valence-electron chi connectivity index (χ3n) is 5.80. The molecule has 0 saturated heterocycles. The van der Waals surface area contributed by atoms with Crippen LogP contribution in [0.4, 0.5) is 5.95 Å². The predicted octanol–water partition coefficient (Wildman–Crippen LogP) is 2.30. The molecule has 1 aromatic heterocycles. The summed E-state index contributed by atoms with van der Waals surface area (Å²) in [5.41, 5.74) is 0.269. The number of unbranched alkanes of at least 4 members (excludes halogenated alkanes) is 1. The summed E-state index contributed by atoms with van der Waals surface area (Å²) in [7, 11) is 1.91. The number of nitrogens with one attached hydrogen (secondary N) is 1. The number of fused-ring (bicyclic) bond motifs is 2. The minimum absolute atomic E-state index is 0.00841. The quantitative estimate of drug-likeness (QED) is 0.723. The molecule has 0 atom stereocenters. The van der Waals surface area contributed by atoms with Gasteiger partial charge in [-0.1, -0.05) is 12.8 Å². The summed E-state index contributed by atoms with van der Waals surface area (Å²) in [6, 6.07) is 5.56. The smallest absolute Gasteiger partial charge is 0.263 e. The molecule has 8 heteroatoms. The van der Waals surface area contributed by atoms with Crippen LogP contribution in [0.5, 0.6) is 5.75 Å². The maximum absolute atomic E-state index is 12.6. The molecule has 29 heavy (non-hydrogen) atoms. The first kappa shape index (κ1) is 19.4. The van der Waals surface area contributed by atoms with Gasteiger partial charge in [-0.25, -0.2) is 4.98 Å². The summed E-state index contributed by atoms with van der Waals surface area (Å²) in [5.74, 6) is 0.838. The summed E-state index contributed by atoms with van der Waals surface area (Å²) in [5, 5.41) is 3.01. The molecule has 1 aliphatic heterocycles. The number of hydrogen-bond acceptors (Lipinski definition) is 5. The number of carbonyl (C=O) groups is 2. The second kappa shape index (κ2) is 8.23. The molecule has 0 bridgehead atoms. The minimum Gasteiger partial charge on any atom is -0.494 e. The maximum atomic E-state index is 12.6. The van der Waals surface area contributed by atoms with Crippen molar-refractivity contribution >= 4 is 28.7 Å². The third kappa shape index (κ3) is 4.11. The molecule has 2 aliphatic rings. The lowest BCUT2D eigenvalue weighted by Gasteiger charge is -2.24. The number of carbonyl (C=O) groups excluding carboxylic acids is 2. The zero-order valence-electron chi connectivity index (χ0n) is 16.6. The Morgan fingerprint density at radius 2 is 2.07 bits per heavy atom. The number of hydrogen-bond donors (Lipinski definition) is 1. The van der Waals surface area contributed by atoms with E-state index >= 15 is 0 Å². The summed E-state index contributed by atoms with van der Waals surface area (Å²) in [4.78, 5) is 42.6. The van der Waals surface area contributed by atoms with Crippen LogP contribution in [0.2, 0.25) is 0 Å². The number of amides is 2. The first-order valence-electron chi connectivity index (χ1n) is 10.3. The van der Waals surface area contributed by atoms with Crippen molar-refractivity contribution in [3.63, 3.8) is 0 Å². The van der Waals surface area contributed by atoms with Crippen molar-refractivity contribution in [1.82, 2.24) is 14.5 Å². The SMILES string of the molecule is CN(C(=O)CCCCOc1ccc2nc3n(c(=O)c2c1)CC(=O)N3)C1CCCC1. The number of nitrogens with zero attached hydrogens (tertiary/aromatic N) is 3. The Hall–Kier alpha value is -2.90. The van der Waals surface area contributed by atoms with Crippen molar-refractivity contribution in [3.05, 3.63) is 28.6 Å². The normalized spacial score (nSPS) is 16.1. The zero-order chi connectivity index (χ0) is 20.4. The highest BCUT2D eigenvalue weighted by molar-refractivity contribution is 5.94. The minimum atomic E-state index is -0.255. The molecular weight excluding hydrogens is 372 g/mol. The molecule has 154 valence electrons. The number of aromatic nitrogens is 2. The van der Waals surface area contributed by atoms with E-state index < -0.39 is 0 Å². The van der Waals surface area contributed by atoms with Gasteiger partial charge in [0.05, 0.1) is 17.5 Å². The first-order chi connectivity index (χ1) is 14.0. The third-order valence-corrected chi connectivity index (χ3v) is 5.80. The van der Waals surface area contributed by atoms with Gasteiger partial charge < -0.3 is 9.64 Å². The Kier molecular flexibility index (Phi) is 5.51. The molecule has 1 fully saturated rings. The van der Waals surface area contributed by atoms with Gasteiger partial charge >= 0.3 is 0 Å². The standard InChI is InChI=1S/C21H26N4O4/c1-24(14-6-2-3-7-14)19(27)8-4-5-11-29-15-9-10-17-16(12-15)20(28)25-13-18(26)23-21(25)22-17/h9-10,12,14H,2-8,11,13H2,1H3,(H,22,23,26).